The molecule has 6 nitrogen and oxygen atoms in total. The molecule has 2 aromatic carbocycles. The number of anilines is 2. The summed E-state index contributed by atoms with van der Waals surface area (Å²) in [5, 5.41) is 14.8. The summed E-state index contributed by atoms with van der Waals surface area (Å²) in [4.78, 5) is 13.5. The zero-order valence-corrected chi connectivity index (χ0v) is 19.3. The molecule has 0 amide bonds. The monoisotopic (exact) mass is 495 g/mol. The summed E-state index contributed by atoms with van der Waals surface area (Å²) in [6.07, 6.45) is -3.42. The highest BCUT2D eigenvalue weighted by Gasteiger charge is 2.48. The van der Waals surface area contributed by atoms with E-state index in [1.807, 2.05) is 24.3 Å². The van der Waals surface area contributed by atoms with Gasteiger partial charge in [0.05, 0.1) is 18.2 Å². The maximum absolute atomic E-state index is 13.4. The van der Waals surface area contributed by atoms with Crippen LogP contribution in [0.15, 0.2) is 53.6 Å². The molecule has 0 aromatic heterocycles. The molecule has 182 valence electrons. The topological polar surface area (TPSA) is 65.4 Å². The van der Waals surface area contributed by atoms with E-state index in [1.165, 1.54) is 6.92 Å². The van der Waals surface area contributed by atoms with Crippen LogP contribution in [0, 0.1) is 5.92 Å². The molecule has 2 heterocycles. The molecule has 10 heteroatoms. The van der Waals surface area contributed by atoms with Crippen LogP contribution in [0.4, 0.5) is 24.5 Å². The van der Waals surface area contributed by atoms with Crippen LogP contribution in [0.2, 0.25) is 5.02 Å². The number of alkyl halides is 3. The van der Waals surface area contributed by atoms with Gasteiger partial charge in [0.15, 0.2) is 0 Å². The van der Waals surface area contributed by atoms with Gasteiger partial charge in [0.25, 0.3) is 0 Å². The standard InChI is InChI=1S/C24H25ClF3N3O3/c1-15-21(14-22(32)33)31(29-23(15)24(26,27)28)17-5-7-19(8-6-17)34-20-9-11-30(12-10-20)18-4-2-3-16(25)13-18/h2-8,13,15,20-21H,9-12,14H2,1H3,(H,32,33). The van der Waals surface area contributed by atoms with Crippen molar-refractivity contribution in [1.29, 1.82) is 0 Å². The molecule has 2 unspecified atom stereocenters. The third-order valence-corrected chi connectivity index (χ3v) is 6.47. The lowest BCUT2D eigenvalue weighted by Crippen LogP contribution is -2.38. The molecule has 34 heavy (non-hydrogen) atoms. The molecule has 2 aromatic rings. The van der Waals surface area contributed by atoms with E-state index in [2.05, 4.69) is 10.0 Å². The van der Waals surface area contributed by atoms with E-state index in [9.17, 15) is 23.1 Å². The van der Waals surface area contributed by atoms with Gasteiger partial charge in [-0.1, -0.05) is 24.6 Å². The minimum atomic E-state index is -4.62. The van der Waals surface area contributed by atoms with Gasteiger partial charge in [0, 0.05) is 42.6 Å². The number of hydrogen-bond donors (Lipinski definition) is 1. The van der Waals surface area contributed by atoms with Crippen LogP contribution in [0.5, 0.6) is 5.75 Å². The average Bonchev–Trinajstić information content (AvgIpc) is 3.11. The quantitative estimate of drug-likeness (QED) is 0.564. The molecule has 0 spiro atoms. The molecule has 1 fully saturated rings. The fourth-order valence-electron chi connectivity index (χ4n) is 4.46. The van der Waals surface area contributed by atoms with Crippen LogP contribution in [-0.4, -0.2) is 48.2 Å². The van der Waals surface area contributed by atoms with Crippen LogP contribution >= 0.6 is 11.6 Å². The number of nitrogens with zero attached hydrogens (tertiary/aromatic N) is 3. The van der Waals surface area contributed by atoms with E-state index in [0.29, 0.717) is 16.5 Å². The van der Waals surface area contributed by atoms with Crippen molar-refractivity contribution >= 4 is 34.7 Å². The maximum Gasteiger partial charge on any atom is 0.431 e. The van der Waals surface area contributed by atoms with Gasteiger partial charge in [-0.3, -0.25) is 9.80 Å². The molecule has 2 aliphatic rings. The lowest BCUT2D eigenvalue weighted by Gasteiger charge is -2.34. The summed E-state index contributed by atoms with van der Waals surface area (Å²) in [6, 6.07) is 13.4. The SMILES string of the molecule is CC1C(C(F)(F)F)=NN(c2ccc(OC3CCN(c4cccc(Cl)c4)CC3)cc2)C1CC(=O)O. The van der Waals surface area contributed by atoms with Crippen LogP contribution in [-0.2, 0) is 4.79 Å². The van der Waals surface area contributed by atoms with E-state index in [-0.39, 0.29) is 6.10 Å². The first-order valence-electron chi connectivity index (χ1n) is 11.1. The van der Waals surface area contributed by atoms with E-state index >= 15 is 0 Å². The van der Waals surface area contributed by atoms with Gasteiger partial charge in [-0.15, -0.1) is 0 Å². The lowest BCUT2D eigenvalue weighted by atomic mass is 9.94. The fraction of sp³-hybridized carbons (Fsp3) is 0.417. The predicted molar refractivity (Wildman–Crippen MR) is 125 cm³/mol. The number of piperidine rings is 1. The Hall–Kier alpha value is -2.94. The molecular weight excluding hydrogens is 471 g/mol. The van der Waals surface area contributed by atoms with Crippen LogP contribution < -0.4 is 14.6 Å². The second kappa shape index (κ2) is 9.74. The van der Waals surface area contributed by atoms with E-state index in [0.717, 1.165) is 36.6 Å². The zero-order chi connectivity index (χ0) is 24.5. The molecule has 1 saturated heterocycles. The highest BCUT2D eigenvalue weighted by atomic mass is 35.5. The van der Waals surface area contributed by atoms with Gasteiger partial charge >= 0.3 is 12.1 Å². The van der Waals surface area contributed by atoms with Crippen molar-refractivity contribution in [2.75, 3.05) is 23.0 Å². The number of carboxylic acid groups (broad SMARTS) is 1. The third kappa shape index (κ3) is 5.41. The fourth-order valence-corrected chi connectivity index (χ4v) is 4.64. The van der Waals surface area contributed by atoms with E-state index < -0.39 is 36.2 Å². The number of halogens is 4. The summed E-state index contributed by atoms with van der Waals surface area (Å²) in [6.45, 7) is 2.99. The number of benzene rings is 2. The van der Waals surface area contributed by atoms with Crippen molar-refractivity contribution < 1.29 is 27.8 Å². The Kier molecular flexibility index (Phi) is 6.93. The first kappa shape index (κ1) is 24.2. The molecule has 0 radical (unpaired) electrons. The van der Waals surface area contributed by atoms with Crippen LogP contribution in [0.3, 0.4) is 0 Å². The Morgan fingerprint density at radius 1 is 1.15 bits per heavy atom. The Bertz CT molecular complexity index is 1050. The average molecular weight is 496 g/mol. The Labute approximate surface area is 200 Å². The summed E-state index contributed by atoms with van der Waals surface area (Å²) in [5.41, 5.74) is 0.496. The van der Waals surface area contributed by atoms with Crippen molar-refractivity contribution in [1.82, 2.24) is 0 Å². The second-order valence-corrected chi connectivity index (χ2v) is 9.00. The number of hydrogen-bond acceptors (Lipinski definition) is 5. The largest absolute Gasteiger partial charge is 0.490 e. The van der Waals surface area contributed by atoms with Gasteiger partial charge < -0.3 is 14.7 Å². The predicted octanol–water partition coefficient (Wildman–Crippen LogP) is 5.61. The highest BCUT2D eigenvalue weighted by molar-refractivity contribution is 6.30. The molecule has 4 rings (SSSR count). The summed E-state index contributed by atoms with van der Waals surface area (Å²) < 4.78 is 46.2. The molecule has 2 atom stereocenters. The Balaban J connectivity index is 1.40. The molecule has 2 aliphatic heterocycles. The van der Waals surface area contributed by atoms with Crippen LogP contribution in [0.1, 0.15) is 26.2 Å². The van der Waals surface area contributed by atoms with Crippen molar-refractivity contribution in [3.05, 3.63) is 53.6 Å². The number of carboxylic acids is 1. The summed E-state index contributed by atoms with van der Waals surface area (Å²) in [5.74, 6) is -1.63. The molecular formula is C24H25ClF3N3O3. The van der Waals surface area contributed by atoms with Gasteiger partial charge in [-0.2, -0.15) is 18.3 Å². The minimum Gasteiger partial charge on any atom is -0.490 e. The van der Waals surface area contributed by atoms with Crippen molar-refractivity contribution in [2.45, 2.75) is 44.5 Å². The minimum absolute atomic E-state index is 0.0164. The molecule has 0 bridgehead atoms. The van der Waals surface area contributed by atoms with E-state index in [4.69, 9.17) is 16.3 Å². The summed E-state index contributed by atoms with van der Waals surface area (Å²) in [7, 11) is 0. The first-order chi connectivity index (χ1) is 16.1. The van der Waals surface area contributed by atoms with Crippen LogP contribution in [0.25, 0.3) is 0 Å². The number of aliphatic carboxylic acids is 1. The molecule has 0 saturated carbocycles. The number of ether oxygens (including phenoxy) is 1. The maximum atomic E-state index is 13.4. The number of carbonyl (C=O) groups is 1. The summed E-state index contributed by atoms with van der Waals surface area (Å²) >= 11 is 6.08. The van der Waals surface area contributed by atoms with Crippen molar-refractivity contribution in [2.24, 2.45) is 11.0 Å². The third-order valence-electron chi connectivity index (χ3n) is 6.23. The van der Waals surface area contributed by atoms with Gasteiger partial charge in [-0.25, -0.2) is 0 Å². The molecule has 1 N–H and O–H groups in total. The van der Waals surface area contributed by atoms with Crippen molar-refractivity contribution in [3.63, 3.8) is 0 Å². The number of hydrazone groups is 1. The second-order valence-electron chi connectivity index (χ2n) is 8.56. The normalized spacial score (nSPS) is 21.5. The van der Waals surface area contributed by atoms with Crippen molar-refractivity contribution in [3.8, 4) is 5.75 Å². The van der Waals surface area contributed by atoms with Gasteiger partial charge in [0.2, 0.25) is 0 Å². The number of rotatable bonds is 6. The highest BCUT2D eigenvalue weighted by Crippen LogP contribution is 2.37. The van der Waals surface area contributed by atoms with Gasteiger partial charge in [0.1, 0.15) is 17.6 Å². The Morgan fingerprint density at radius 2 is 1.82 bits per heavy atom. The first-order valence-corrected chi connectivity index (χ1v) is 11.4. The van der Waals surface area contributed by atoms with E-state index in [1.54, 1.807) is 24.3 Å². The van der Waals surface area contributed by atoms with Gasteiger partial charge in [-0.05, 0) is 42.5 Å². The Morgan fingerprint density at radius 3 is 2.41 bits per heavy atom. The lowest BCUT2D eigenvalue weighted by molar-refractivity contribution is -0.137. The molecule has 0 aliphatic carbocycles. The zero-order valence-electron chi connectivity index (χ0n) is 18.5. The smallest absolute Gasteiger partial charge is 0.431 e.